The molecule has 0 bridgehead atoms. The van der Waals surface area contributed by atoms with Gasteiger partial charge in [-0.3, -0.25) is 4.98 Å². The summed E-state index contributed by atoms with van der Waals surface area (Å²) in [6.07, 6.45) is 8.53. The molecule has 7 heteroatoms. The molecular formula is C24H29Br2ClN2O2. The van der Waals surface area contributed by atoms with Crippen molar-refractivity contribution in [2.75, 3.05) is 13.1 Å². The zero-order chi connectivity index (χ0) is 22.3. The summed E-state index contributed by atoms with van der Waals surface area (Å²) >= 11 is 14.0. The molecule has 1 unspecified atom stereocenters. The first kappa shape index (κ1) is 23.3. The monoisotopic (exact) mass is 570 g/mol. The number of amides is 1. The number of piperidine rings is 1. The molecule has 1 aliphatic heterocycles. The summed E-state index contributed by atoms with van der Waals surface area (Å²) < 4.78 is 6.61. The van der Waals surface area contributed by atoms with Crippen LogP contribution < -0.4 is 0 Å². The summed E-state index contributed by atoms with van der Waals surface area (Å²) in [5.41, 5.74) is 4.83. The van der Waals surface area contributed by atoms with Gasteiger partial charge in [-0.25, -0.2) is 4.79 Å². The van der Waals surface area contributed by atoms with E-state index in [1.54, 1.807) is 0 Å². The van der Waals surface area contributed by atoms with Crippen LogP contribution in [0.15, 0.2) is 39.0 Å². The fourth-order valence-electron chi connectivity index (χ4n) is 5.03. The van der Waals surface area contributed by atoms with Crippen LogP contribution in [0.25, 0.3) is 0 Å². The van der Waals surface area contributed by atoms with E-state index in [9.17, 15) is 4.79 Å². The van der Waals surface area contributed by atoms with Gasteiger partial charge in [0.05, 0.1) is 5.69 Å². The fraction of sp³-hybridized carbons (Fsp3) is 0.583. The maximum absolute atomic E-state index is 12.6. The lowest BCUT2D eigenvalue weighted by molar-refractivity contribution is 0.0177. The van der Waals surface area contributed by atoms with Crippen molar-refractivity contribution in [1.29, 1.82) is 0 Å². The van der Waals surface area contributed by atoms with Gasteiger partial charge in [-0.15, -0.1) is 0 Å². The number of hydrogen-bond donors (Lipinski definition) is 0. The van der Waals surface area contributed by atoms with Crippen LogP contribution in [0, 0.1) is 5.92 Å². The summed E-state index contributed by atoms with van der Waals surface area (Å²) in [5, 5.41) is 0.916. The highest BCUT2D eigenvalue weighted by molar-refractivity contribution is 9.10. The average Bonchev–Trinajstić information content (AvgIpc) is 2.83. The topological polar surface area (TPSA) is 42.4 Å². The van der Waals surface area contributed by atoms with Gasteiger partial charge in [0.15, 0.2) is 0 Å². The molecule has 4 rings (SSSR count). The standard InChI is InChI=1S/C24H29Br2ClN2O2/c1-24(2,3)31-23(30)29-8-6-14(7-9-29)21-20-15(11-18(27)12-19(20)26)4-5-16-10-17(25)13-28-22(16)21/h10-11,13-14,19,21H,4-9,12H2,1-3H3/t19?,21-/m1/s1. The predicted octanol–water partition coefficient (Wildman–Crippen LogP) is 7.11. The number of rotatable bonds is 1. The third kappa shape index (κ3) is 5.22. The van der Waals surface area contributed by atoms with Crippen molar-refractivity contribution in [1.82, 2.24) is 9.88 Å². The Balaban J connectivity index is 1.63. The first-order chi connectivity index (χ1) is 14.6. The lowest BCUT2D eigenvalue weighted by Gasteiger charge is -2.39. The van der Waals surface area contributed by atoms with Crippen molar-refractivity contribution in [3.8, 4) is 0 Å². The number of aromatic nitrogens is 1. The minimum Gasteiger partial charge on any atom is -0.444 e. The van der Waals surface area contributed by atoms with Gasteiger partial charge in [-0.1, -0.05) is 27.5 Å². The molecule has 0 aromatic carbocycles. The number of allylic oxidation sites excluding steroid dienone is 4. The summed E-state index contributed by atoms with van der Waals surface area (Å²) in [6, 6.07) is 2.22. The second-order valence-electron chi connectivity index (χ2n) is 9.72. The molecule has 0 spiro atoms. The van der Waals surface area contributed by atoms with Crippen molar-refractivity contribution in [3.05, 3.63) is 50.2 Å². The third-order valence-corrected chi connectivity index (χ3v) is 7.85. The highest BCUT2D eigenvalue weighted by Crippen LogP contribution is 2.49. The van der Waals surface area contributed by atoms with E-state index in [1.165, 1.54) is 22.4 Å². The number of halogens is 3. The zero-order valence-electron chi connectivity index (χ0n) is 18.3. The number of pyridine rings is 1. The molecule has 4 nitrogen and oxygen atoms in total. The van der Waals surface area contributed by atoms with E-state index in [4.69, 9.17) is 21.3 Å². The molecule has 1 aromatic heterocycles. The summed E-state index contributed by atoms with van der Waals surface area (Å²) in [7, 11) is 0. The highest BCUT2D eigenvalue weighted by Gasteiger charge is 2.39. The second-order valence-corrected chi connectivity index (χ2v) is 12.2. The van der Waals surface area contributed by atoms with Crippen LogP contribution in [-0.2, 0) is 11.2 Å². The quantitative estimate of drug-likeness (QED) is 0.337. The Bertz CT molecular complexity index is 930. The van der Waals surface area contributed by atoms with Gasteiger partial charge in [-0.2, -0.15) is 0 Å². The van der Waals surface area contributed by atoms with E-state index in [0.29, 0.717) is 19.0 Å². The van der Waals surface area contributed by atoms with Crippen LogP contribution in [0.5, 0.6) is 0 Å². The normalized spacial score (nSPS) is 24.8. The fourth-order valence-corrected chi connectivity index (χ4v) is 6.81. The number of ether oxygens (including phenoxy) is 1. The lowest BCUT2D eigenvalue weighted by Crippen LogP contribution is -2.43. The van der Waals surface area contributed by atoms with E-state index >= 15 is 0 Å². The van der Waals surface area contributed by atoms with E-state index in [-0.39, 0.29) is 16.8 Å². The molecule has 31 heavy (non-hydrogen) atoms. The molecule has 0 radical (unpaired) electrons. The molecule has 1 fully saturated rings. The van der Waals surface area contributed by atoms with Gasteiger partial charge in [-0.05, 0) is 104 Å². The van der Waals surface area contributed by atoms with Gasteiger partial charge < -0.3 is 9.64 Å². The number of alkyl halides is 1. The van der Waals surface area contributed by atoms with Crippen LogP contribution in [0.3, 0.4) is 0 Å². The van der Waals surface area contributed by atoms with E-state index < -0.39 is 5.60 Å². The average molecular weight is 573 g/mol. The van der Waals surface area contributed by atoms with Crippen molar-refractivity contribution in [3.63, 3.8) is 0 Å². The number of carbonyl (C=O) groups excluding carboxylic acids is 1. The van der Waals surface area contributed by atoms with Gasteiger partial charge >= 0.3 is 6.09 Å². The van der Waals surface area contributed by atoms with Crippen molar-refractivity contribution in [2.24, 2.45) is 5.92 Å². The number of aryl methyl sites for hydroxylation is 1. The first-order valence-electron chi connectivity index (χ1n) is 11.0. The zero-order valence-corrected chi connectivity index (χ0v) is 22.2. The number of likely N-dealkylation sites (tertiary alicyclic amines) is 1. The van der Waals surface area contributed by atoms with E-state index in [0.717, 1.165) is 41.6 Å². The highest BCUT2D eigenvalue weighted by atomic mass is 79.9. The molecule has 3 aliphatic rings. The molecular weight excluding hydrogens is 544 g/mol. The third-order valence-electron chi connectivity index (χ3n) is 6.34. The van der Waals surface area contributed by atoms with Gasteiger partial charge in [0, 0.05) is 39.5 Å². The minimum atomic E-state index is -0.470. The maximum atomic E-state index is 12.6. The van der Waals surface area contributed by atoms with Crippen molar-refractivity contribution < 1.29 is 9.53 Å². The molecule has 168 valence electrons. The molecule has 1 aromatic rings. The molecule has 0 saturated carbocycles. The summed E-state index contributed by atoms with van der Waals surface area (Å²) in [5.74, 6) is 0.673. The lowest BCUT2D eigenvalue weighted by atomic mass is 9.74. The summed E-state index contributed by atoms with van der Waals surface area (Å²) in [4.78, 5) is 19.6. The van der Waals surface area contributed by atoms with Crippen LogP contribution in [-0.4, -0.2) is 39.5 Å². The smallest absolute Gasteiger partial charge is 0.410 e. The molecule has 0 N–H and O–H groups in total. The Morgan fingerprint density at radius 2 is 1.97 bits per heavy atom. The number of carbonyl (C=O) groups is 1. The van der Waals surface area contributed by atoms with Gasteiger partial charge in [0.2, 0.25) is 0 Å². The Morgan fingerprint density at radius 1 is 1.26 bits per heavy atom. The number of nitrogens with zero attached hydrogens (tertiary/aromatic N) is 2. The Morgan fingerprint density at radius 3 is 2.65 bits per heavy atom. The van der Waals surface area contributed by atoms with E-state index in [1.807, 2.05) is 31.9 Å². The minimum absolute atomic E-state index is 0.208. The molecule has 1 saturated heterocycles. The van der Waals surface area contributed by atoms with E-state index in [2.05, 4.69) is 44.0 Å². The van der Waals surface area contributed by atoms with Crippen LogP contribution in [0.4, 0.5) is 4.79 Å². The Labute approximate surface area is 206 Å². The Hall–Kier alpha value is -0.850. The van der Waals surface area contributed by atoms with Crippen LogP contribution >= 0.6 is 43.5 Å². The van der Waals surface area contributed by atoms with Crippen molar-refractivity contribution >= 4 is 49.6 Å². The molecule has 2 aliphatic carbocycles. The van der Waals surface area contributed by atoms with Crippen LogP contribution in [0.1, 0.15) is 63.6 Å². The molecule has 1 amide bonds. The van der Waals surface area contributed by atoms with Gasteiger partial charge in [0.1, 0.15) is 5.60 Å². The van der Waals surface area contributed by atoms with Gasteiger partial charge in [0.25, 0.3) is 0 Å². The Kier molecular flexibility index (Phi) is 6.91. The predicted molar refractivity (Wildman–Crippen MR) is 132 cm³/mol. The summed E-state index contributed by atoms with van der Waals surface area (Å²) in [6.45, 7) is 7.17. The first-order valence-corrected chi connectivity index (χ1v) is 13.1. The molecule has 2 atom stereocenters. The second kappa shape index (κ2) is 9.18. The molecule has 2 heterocycles. The SMILES string of the molecule is CC(C)(C)OC(=O)N1CCC([C@@H]2C3=C(C=C(Cl)CC3Br)CCc3cc(Br)cnc32)CC1. The van der Waals surface area contributed by atoms with Crippen molar-refractivity contribution in [2.45, 2.75) is 69.2 Å². The van der Waals surface area contributed by atoms with Crippen LogP contribution in [0.2, 0.25) is 0 Å². The maximum Gasteiger partial charge on any atom is 0.410 e. The number of fused-ring (bicyclic) bond motifs is 1. The largest absolute Gasteiger partial charge is 0.444 e. The number of hydrogen-bond acceptors (Lipinski definition) is 3.